The van der Waals surface area contributed by atoms with E-state index < -0.39 is 61.4 Å². The number of nitrogens with zero attached hydrogens (tertiary/aromatic N) is 6. The summed E-state index contributed by atoms with van der Waals surface area (Å²) in [7, 11) is 0. The standard InChI is InChI=1S/C32H58N6O12/c1-3-5-7-9-11-13-45-19-22(20-46-14-12-10-8-6-4-2)47-18-21-16-38(37-35-21)17-24-26(40)28(42)30(44)32(49-24)50-31-29(43)27(41)25(39)23(48-31)15-34-36-33/h16,22-32,39-44H,3-15,17-20H2,1-2H3/t23?,24?,25-,26-,27+,28?,29?,30?,31-,32-/m1/s1. The van der Waals surface area contributed by atoms with Crippen molar-refractivity contribution in [3.8, 4) is 0 Å². The highest BCUT2D eigenvalue weighted by Crippen LogP contribution is 2.29. The van der Waals surface area contributed by atoms with Gasteiger partial charge in [0.15, 0.2) is 12.6 Å². The highest BCUT2D eigenvalue weighted by atomic mass is 16.8. The predicted molar refractivity (Wildman–Crippen MR) is 176 cm³/mol. The molecule has 2 fully saturated rings. The summed E-state index contributed by atoms with van der Waals surface area (Å²) in [5, 5.41) is 74.2. The summed E-state index contributed by atoms with van der Waals surface area (Å²) >= 11 is 0. The zero-order valence-corrected chi connectivity index (χ0v) is 29.3. The number of ether oxygens (including phenoxy) is 6. The van der Waals surface area contributed by atoms with E-state index in [0.29, 0.717) is 32.1 Å². The highest BCUT2D eigenvalue weighted by Gasteiger charge is 2.49. The molecule has 0 aliphatic carbocycles. The second kappa shape index (κ2) is 23.5. The van der Waals surface area contributed by atoms with Crippen molar-refractivity contribution >= 4 is 0 Å². The minimum absolute atomic E-state index is 0.113. The summed E-state index contributed by atoms with van der Waals surface area (Å²) in [6.45, 7) is 6.05. The Kier molecular flexibility index (Phi) is 19.9. The number of rotatable bonds is 25. The van der Waals surface area contributed by atoms with Gasteiger partial charge >= 0.3 is 0 Å². The fraction of sp³-hybridized carbons (Fsp3) is 0.938. The van der Waals surface area contributed by atoms with Crippen molar-refractivity contribution in [3.05, 3.63) is 22.3 Å². The first kappa shape index (κ1) is 42.4. The number of azide groups is 1. The summed E-state index contributed by atoms with van der Waals surface area (Å²) in [5.41, 5.74) is 9.09. The lowest BCUT2D eigenvalue weighted by atomic mass is 9.97. The molecule has 6 N–H and O–H groups in total. The lowest BCUT2D eigenvalue weighted by Crippen LogP contribution is -2.63. The number of aromatic nitrogens is 3. The molecule has 2 aliphatic rings. The topological polar surface area (TPSA) is 256 Å². The van der Waals surface area contributed by atoms with Gasteiger partial charge in [0.05, 0.1) is 45.2 Å². The van der Waals surface area contributed by atoms with Crippen LogP contribution in [0.2, 0.25) is 0 Å². The Hall–Kier alpha value is -2.03. The SMILES string of the molecule is CCCCCCCOCC(COCCCCCCC)OCc1cn(CC2O[C@H](O[C@H]3OC(CN=[N+]=[N-])[C@@H](O)[C@H](O)C3O)C(O)C(O)[C@@H]2O)nn1. The van der Waals surface area contributed by atoms with Crippen LogP contribution >= 0.6 is 0 Å². The molecule has 1 aromatic heterocycles. The van der Waals surface area contributed by atoms with E-state index in [1.165, 1.54) is 43.2 Å². The second-order valence-corrected chi connectivity index (χ2v) is 12.9. The third kappa shape index (κ3) is 13.8. The molecule has 18 nitrogen and oxygen atoms in total. The van der Waals surface area contributed by atoms with Gasteiger partial charge in [0.1, 0.15) is 54.5 Å². The molecule has 0 aromatic carbocycles. The van der Waals surface area contributed by atoms with E-state index in [-0.39, 0.29) is 25.8 Å². The van der Waals surface area contributed by atoms with E-state index in [9.17, 15) is 30.6 Å². The van der Waals surface area contributed by atoms with Gasteiger partial charge in [0.25, 0.3) is 0 Å². The molecule has 1 aromatic rings. The fourth-order valence-corrected chi connectivity index (χ4v) is 5.68. The van der Waals surface area contributed by atoms with Crippen LogP contribution < -0.4 is 0 Å². The number of aliphatic hydroxyl groups is 6. The average molecular weight is 719 g/mol. The molecule has 5 unspecified atom stereocenters. The van der Waals surface area contributed by atoms with E-state index in [0.717, 1.165) is 25.7 Å². The van der Waals surface area contributed by atoms with Crippen molar-refractivity contribution in [3.63, 3.8) is 0 Å². The zero-order chi connectivity index (χ0) is 36.3. The first-order chi connectivity index (χ1) is 24.2. The number of aliphatic hydroxyl groups excluding tert-OH is 6. The molecule has 3 rings (SSSR count). The Balaban J connectivity index is 1.54. The van der Waals surface area contributed by atoms with Gasteiger partial charge < -0.3 is 59.1 Å². The molecule has 0 amide bonds. The van der Waals surface area contributed by atoms with Gasteiger partial charge in [-0.1, -0.05) is 75.5 Å². The summed E-state index contributed by atoms with van der Waals surface area (Å²) in [6, 6.07) is 0. The van der Waals surface area contributed by atoms with Gasteiger partial charge in [0.2, 0.25) is 0 Å². The molecule has 50 heavy (non-hydrogen) atoms. The van der Waals surface area contributed by atoms with Crippen molar-refractivity contribution in [1.82, 2.24) is 15.0 Å². The molecule has 18 heteroatoms. The van der Waals surface area contributed by atoms with E-state index >= 15 is 0 Å². The molecular formula is C32H58N6O12. The van der Waals surface area contributed by atoms with Gasteiger partial charge in [0, 0.05) is 18.1 Å². The van der Waals surface area contributed by atoms with Crippen LogP contribution in [0.25, 0.3) is 10.4 Å². The molecule has 0 saturated carbocycles. The van der Waals surface area contributed by atoms with Crippen LogP contribution in [0.5, 0.6) is 0 Å². The van der Waals surface area contributed by atoms with E-state index in [2.05, 4.69) is 34.2 Å². The monoisotopic (exact) mass is 718 g/mol. The summed E-state index contributed by atoms with van der Waals surface area (Å²) in [5.74, 6) is 0. The highest BCUT2D eigenvalue weighted by molar-refractivity contribution is 4.95. The minimum Gasteiger partial charge on any atom is -0.388 e. The van der Waals surface area contributed by atoms with Crippen molar-refractivity contribution in [2.75, 3.05) is 33.0 Å². The third-order valence-corrected chi connectivity index (χ3v) is 8.74. The van der Waals surface area contributed by atoms with Crippen LogP contribution in [-0.2, 0) is 41.6 Å². The molecule has 0 spiro atoms. The Labute approximate surface area is 293 Å². The third-order valence-electron chi connectivity index (χ3n) is 8.74. The molecule has 2 aliphatic heterocycles. The van der Waals surface area contributed by atoms with E-state index in [4.69, 9.17) is 34.0 Å². The fourth-order valence-electron chi connectivity index (χ4n) is 5.68. The van der Waals surface area contributed by atoms with Crippen molar-refractivity contribution in [2.45, 2.75) is 159 Å². The second-order valence-electron chi connectivity index (χ2n) is 12.9. The van der Waals surface area contributed by atoms with Crippen LogP contribution in [0.4, 0.5) is 0 Å². The smallest absolute Gasteiger partial charge is 0.189 e. The lowest BCUT2D eigenvalue weighted by molar-refractivity contribution is -0.373. The summed E-state index contributed by atoms with van der Waals surface area (Å²) in [6.07, 6.45) is -3.11. The Bertz CT molecular complexity index is 1080. The summed E-state index contributed by atoms with van der Waals surface area (Å²) < 4.78 is 36.0. The molecule has 0 bridgehead atoms. The first-order valence-electron chi connectivity index (χ1n) is 17.9. The predicted octanol–water partition coefficient (Wildman–Crippen LogP) is 1.08. The summed E-state index contributed by atoms with van der Waals surface area (Å²) in [4.78, 5) is 2.59. The van der Waals surface area contributed by atoms with Crippen molar-refractivity contribution in [2.24, 2.45) is 5.11 Å². The van der Waals surface area contributed by atoms with Crippen molar-refractivity contribution < 1.29 is 59.1 Å². The van der Waals surface area contributed by atoms with Crippen LogP contribution in [0.15, 0.2) is 11.3 Å². The van der Waals surface area contributed by atoms with Gasteiger partial charge in [-0.3, -0.25) is 0 Å². The largest absolute Gasteiger partial charge is 0.388 e. The molecule has 2 saturated heterocycles. The van der Waals surface area contributed by atoms with Gasteiger partial charge in [-0.05, 0) is 18.4 Å². The molecule has 10 atom stereocenters. The van der Waals surface area contributed by atoms with E-state index in [1.807, 2.05) is 0 Å². The Morgan fingerprint density at radius 2 is 1.32 bits per heavy atom. The van der Waals surface area contributed by atoms with Crippen molar-refractivity contribution in [1.29, 1.82) is 0 Å². The van der Waals surface area contributed by atoms with E-state index in [1.54, 1.807) is 6.20 Å². The number of hydrogen-bond donors (Lipinski definition) is 6. The van der Waals surface area contributed by atoms with Gasteiger partial charge in [-0.25, -0.2) is 4.68 Å². The molecule has 0 radical (unpaired) electrons. The number of hydrogen-bond acceptors (Lipinski definition) is 15. The maximum atomic E-state index is 10.7. The maximum Gasteiger partial charge on any atom is 0.189 e. The van der Waals surface area contributed by atoms with Crippen LogP contribution in [0, 0.1) is 0 Å². The zero-order valence-electron chi connectivity index (χ0n) is 29.3. The van der Waals surface area contributed by atoms with Gasteiger partial charge in [-0.15, -0.1) is 5.10 Å². The molecule has 3 heterocycles. The quantitative estimate of drug-likeness (QED) is 0.0358. The number of unbranched alkanes of at least 4 members (excludes halogenated alkanes) is 8. The molecule has 288 valence electrons. The molecular weight excluding hydrogens is 660 g/mol. The Morgan fingerprint density at radius 1 is 0.780 bits per heavy atom. The minimum atomic E-state index is -1.78. The average Bonchev–Trinajstić information content (AvgIpc) is 3.57. The van der Waals surface area contributed by atoms with Gasteiger partial charge in [-0.2, -0.15) is 0 Å². The first-order valence-corrected chi connectivity index (χ1v) is 17.9. The van der Waals surface area contributed by atoms with Crippen LogP contribution in [0.1, 0.15) is 83.7 Å². The maximum absolute atomic E-state index is 10.7. The Morgan fingerprint density at radius 3 is 1.88 bits per heavy atom. The lowest BCUT2D eigenvalue weighted by Gasteiger charge is -2.44. The van der Waals surface area contributed by atoms with Crippen LogP contribution in [-0.4, -0.2) is 146 Å². The van der Waals surface area contributed by atoms with Crippen LogP contribution in [0.3, 0.4) is 0 Å². The normalized spacial score (nSPS) is 30.1.